The van der Waals surface area contributed by atoms with E-state index in [1.54, 1.807) is 0 Å². The maximum atomic E-state index is 12.8. The highest BCUT2D eigenvalue weighted by molar-refractivity contribution is 6.55. The molecule has 32 heavy (non-hydrogen) atoms. The molecule has 0 aliphatic carbocycles. The summed E-state index contributed by atoms with van der Waals surface area (Å²) in [5.41, 5.74) is -0.637. The van der Waals surface area contributed by atoms with Crippen LogP contribution in [0.25, 0.3) is 0 Å². The van der Waals surface area contributed by atoms with Gasteiger partial charge in [0.2, 0.25) is 5.91 Å². The Morgan fingerprint density at radius 1 is 1.31 bits per heavy atom. The number of rotatable bonds is 11. The fourth-order valence-corrected chi connectivity index (χ4v) is 2.59. The number of carbonyl (C=O) groups is 3. The van der Waals surface area contributed by atoms with Crippen LogP contribution in [0.5, 0.6) is 0 Å². The topological polar surface area (TPSA) is 158 Å². The molecular formula is C20H23BN5O6-. The molecule has 0 unspecified atom stereocenters. The van der Waals surface area contributed by atoms with Gasteiger partial charge >= 0.3 is 5.97 Å². The van der Waals surface area contributed by atoms with Crippen molar-refractivity contribution in [2.24, 2.45) is 4.99 Å². The van der Waals surface area contributed by atoms with Crippen molar-refractivity contribution in [1.29, 1.82) is 0 Å². The van der Waals surface area contributed by atoms with Crippen LogP contribution in [-0.4, -0.2) is 64.3 Å². The average Bonchev–Trinajstić information content (AvgIpc) is 3.12. The lowest BCUT2D eigenvalue weighted by Crippen LogP contribution is -2.52. The molecule has 2 radical (unpaired) electrons. The maximum Gasteiger partial charge on any atom is 0.323 e. The Hall–Kier alpha value is -3.67. The van der Waals surface area contributed by atoms with Crippen molar-refractivity contribution in [3.8, 4) is 0 Å². The zero-order valence-corrected chi connectivity index (χ0v) is 17.6. The molecule has 0 saturated carbocycles. The molecule has 0 fully saturated rings. The van der Waals surface area contributed by atoms with E-state index >= 15 is 0 Å². The molecule has 3 N–H and O–H groups in total. The summed E-state index contributed by atoms with van der Waals surface area (Å²) in [6, 6.07) is 8.07. The predicted octanol–water partition coefficient (Wildman–Crippen LogP) is -0.729. The molecule has 0 spiro atoms. The number of anilines is 1. The van der Waals surface area contributed by atoms with Crippen molar-refractivity contribution in [3.05, 3.63) is 48.4 Å². The zero-order valence-electron chi connectivity index (χ0n) is 17.6. The Kier molecular flexibility index (Phi) is 8.53. The summed E-state index contributed by atoms with van der Waals surface area (Å²) in [6.07, 6.45) is 2.58. The number of nitrogens with zero attached hydrogens (tertiary/aromatic N) is 3. The van der Waals surface area contributed by atoms with Crippen molar-refractivity contribution >= 4 is 37.2 Å². The van der Waals surface area contributed by atoms with Crippen molar-refractivity contribution in [1.82, 2.24) is 14.9 Å². The van der Waals surface area contributed by atoms with Gasteiger partial charge in [0.05, 0.1) is 19.5 Å². The van der Waals surface area contributed by atoms with E-state index in [1.165, 1.54) is 30.9 Å². The molecule has 0 aliphatic heterocycles. The van der Waals surface area contributed by atoms with Gasteiger partial charge in [0, 0.05) is 6.20 Å². The first kappa shape index (κ1) is 24.6. The Labute approximate surface area is 185 Å². The highest BCUT2D eigenvalue weighted by atomic mass is 16.5. The van der Waals surface area contributed by atoms with Crippen molar-refractivity contribution in [2.75, 3.05) is 11.9 Å². The minimum atomic E-state index is -1.51. The summed E-state index contributed by atoms with van der Waals surface area (Å²) in [6.45, 7) is 2.44. The van der Waals surface area contributed by atoms with Gasteiger partial charge in [0.15, 0.2) is 5.82 Å². The second-order valence-corrected chi connectivity index (χ2v) is 7.35. The highest BCUT2D eigenvalue weighted by Crippen LogP contribution is 2.11. The summed E-state index contributed by atoms with van der Waals surface area (Å²) in [5, 5.41) is 24.9. The minimum Gasteiger partial charge on any atom is -0.870 e. The van der Waals surface area contributed by atoms with Gasteiger partial charge in [0.25, 0.3) is 5.91 Å². The van der Waals surface area contributed by atoms with Crippen LogP contribution in [-0.2, 0) is 32.3 Å². The van der Waals surface area contributed by atoms with E-state index in [0.717, 1.165) is 5.56 Å². The summed E-state index contributed by atoms with van der Waals surface area (Å²) < 4.78 is 6.86. The van der Waals surface area contributed by atoms with Crippen LogP contribution in [0, 0.1) is 0 Å². The number of aromatic nitrogens is 2. The van der Waals surface area contributed by atoms with Crippen molar-refractivity contribution in [3.63, 3.8) is 0 Å². The Morgan fingerprint density at radius 2 is 2.00 bits per heavy atom. The van der Waals surface area contributed by atoms with Gasteiger partial charge in [-0.15, -0.1) is 0 Å². The van der Waals surface area contributed by atoms with E-state index < -0.39 is 35.2 Å². The molecule has 1 heterocycles. The molecule has 2 aromatic rings. The van der Waals surface area contributed by atoms with Gasteiger partial charge in [-0.1, -0.05) is 36.1 Å². The quantitative estimate of drug-likeness (QED) is 0.236. The second-order valence-electron chi connectivity index (χ2n) is 7.35. The zero-order chi connectivity index (χ0) is 23.7. The van der Waals surface area contributed by atoms with Gasteiger partial charge in [-0.25, -0.2) is 4.98 Å². The molecule has 11 nitrogen and oxygen atoms in total. The number of carboxylic acids is 1. The molecule has 168 valence electrons. The molecule has 2 rings (SSSR count). The Bertz CT molecular complexity index is 972. The number of nitrogens with one attached hydrogen (secondary N) is 2. The van der Waals surface area contributed by atoms with Crippen LogP contribution in [0.15, 0.2) is 47.8 Å². The lowest BCUT2D eigenvalue weighted by atomic mass is 10.0. The molecule has 0 bridgehead atoms. The standard InChI is InChI=1S/C20H24BN5O6/c1-20(2,25-19(21)31)18(30)23-14(11-32-10-13-6-4-3-5-7-13)17(29)24-15-8-26(12-22-15)9-16(27)28/h3-8,12,14H,9-11H2,1-2H3,(H,23,30)(H,24,29)(H,25,31)(H,27,28)/p-1/t14-/m1/s1. The first-order valence-electron chi connectivity index (χ1n) is 9.56. The van der Waals surface area contributed by atoms with E-state index in [1.807, 2.05) is 30.3 Å². The lowest BCUT2D eigenvalue weighted by molar-refractivity contribution is -0.208. The smallest absolute Gasteiger partial charge is 0.323 e. The third kappa shape index (κ3) is 7.87. The number of aliphatic carboxylic acids is 1. The summed E-state index contributed by atoms with van der Waals surface area (Å²) in [7, 11) is 5.05. The molecular weight excluding hydrogens is 417 g/mol. The van der Waals surface area contributed by atoms with Gasteiger partial charge < -0.3 is 35.1 Å². The predicted molar refractivity (Wildman–Crippen MR) is 114 cm³/mol. The number of benzene rings is 1. The van der Waals surface area contributed by atoms with Crippen LogP contribution < -0.4 is 15.7 Å². The van der Waals surface area contributed by atoms with Crippen molar-refractivity contribution < 1.29 is 29.3 Å². The number of carbonyl (C=O) groups excluding carboxylic acids is 2. The second kappa shape index (κ2) is 11.1. The number of carboxylic acid groups (broad SMARTS) is 1. The van der Waals surface area contributed by atoms with Crippen LogP contribution in [0.3, 0.4) is 0 Å². The molecule has 12 heteroatoms. The summed E-state index contributed by atoms with van der Waals surface area (Å²) in [5.74, 6) is -3.35. The van der Waals surface area contributed by atoms with Crippen LogP contribution in [0.4, 0.5) is 5.82 Å². The molecule has 2 amide bonds. The maximum absolute atomic E-state index is 12.8. The third-order valence-electron chi connectivity index (χ3n) is 4.17. The number of ether oxygens (including phenoxy) is 1. The van der Waals surface area contributed by atoms with E-state index in [4.69, 9.17) is 17.7 Å². The molecule has 0 aliphatic rings. The number of aliphatic imine (C=N–C) groups is 1. The largest absolute Gasteiger partial charge is 0.870 e. The minimum absolute atomic E-state index is 0.0969. The monoisotopic (exact) mass is 440 g/mol. The van der Waals surface area contributed by atoms with Gasteiger partial charge in [0.1, 0.15) is 26.0 Å². The average molecular weight is 440 g/mol. The molecule has 1 aromatic carbocycles. The van der Waals surface area contributed by atoms with Gasteiger partial charge in [-0.3, -0.25) is 14.4 Å². The molecule has 1 atom stereocenters. The first-order valence-corrected chi connectivity index (χ1v) is 9.56. The fourth-order valence-electron chi connectivity index (χ4n) is 2.59. The molecule has 1 aromatic heterocycles. The van der Waals surface area contributed by atoms with Crippen LogP contribution in [0.1, 0.15) is 19.4 Å². The van der Waals surface area contributed by atoms with E-state index in [9.17, 15) is 19.5 Å². The summed E-state index contributed by atoms with van der Waals surface area (Å²) in [4.78, 5) is 43.6. The third-order valence-corrected chi connectivity index (χ3v) is 4.17. The van der Waals surface area contributed by atoms with Crippen molar-refractivity contribution in [2.45, 2.75) is 38.6 Å². The summed E-state index contributed by atoms with van der Waals surface area (Å²) >= 11 is 0. The number of imidazole rings is 1. The molecule has 0 saturated heterocycles. The Balaban J connectivity index is 2.09. The first-order chi connectivity index (χ1) is 15.1. The number of hydrogen-bond donors (Lipinski definition) is 3. The Morgan fingerprint density at radius 3 is 2.62 bits per heavy atom. The highest BCUT2D eigenvalue weighted by Gasteiger charge is 2.31. The normalized spacial score (nSPS) is 12.8. The van der Waals surface area contributed by atoms with Gasteiger partial charge in [-0.2, -0.15) is 0 Å². The van der Waals surface area contributed by atoms with Crippen LogP contribution in [0.2, 0.25) is 0 Å². The van der Waals surface area contributed by atoms with E-state index in [0.29, 0.717) is 0 Å². The van der Waals surface area contributed by atoms with E-state index in [2.05, 4.69) is 20.6 Å². The van der Waals surface area contributed by atoms with Crippen LogP contribution >= 0.6 is 0 Å². The SMILES string of the molecule is [B]C([O-])=NC(C)(C)C(=O)N[C@H](COCc1ccccc1)C(=O)Nc1cn(CC(=O)O)cn1. The van der Waals surface area contributed by atoms with E-state index in [-0.39, 0.29) is 25.6 Å². The van der Waals surface area contributed by atoms with Gasteiger partial charge in [-0.05, 0) is 19.4 Å². The number of amides is 2. The fraction of sp³-hybridized carbons (Fsp3) is 0.350. The number of hydrogen-bond acceptors (Lipinski definition) is 7. The lowest BCUT2D eigenvalue weighted by Gasteiger charge is -2.25.